The standard InChI is InChI=1S/C14H15F4N3/c1-3-7-20-13(19-4-2)21-9-10-5-6-11(15)8-12(10)14(16,17)18/h1,5-6,8H,4,7,9H2,2H3,(H2,19,20,21). The van der Waals surface area contributed by atoms with E-state index < -0.39 is 17.6 Å². The molecule has 0 unspecified atom stereocenters. The van der Waals surface area contributed by atoms with Crippen LogP contribution in [0.2, 0.25) is 0 Å². The van der Waals surface area contributed by atoms with Crippen molar-refractivity contribution in [3.05, 3.63) is 35.1 Å². The van der Waals surface area contributed by atoms with Crippen LogP contribution in [0.5, 0.6) is 0 Å². The van der Waals surface area contributed by atoms with Gasteiger partial charge < -0.3 is 10.6 Å². The van der Waals surface area contributed by atoms with Gasteiger partial charge in [0, 0.05) is 6.54 Å². The molecule has 1 aromatic rings. The summed E-state index contributed by atoms with van der Waals surface area (Å²) in [5.74, 6) is 1.70. The highest BCUT2D eigenvalue weighted by atomic mass is 19.4. The number of benzene rings is 1. The number of nitrogens with zero attached hydrogens (tertiary/aromatic N) is 1. The first-order valence-electron chi connectivity index (χ1n) is 6.19. The summed E-state index contributed by atoms with van der Waals surface area (Å²) in [6.07, 6.45) is 0.465. The van der Waals surface area contributed by atoms with Gasteiger partial charge in [0.15, 0.2) is 5.96 Å². The largest absolute Gasteiger partial charge is 0.416 e. The lowest BCUT2D eigenvalue weighted by Gasteiger charge is -2.13. The lowest BCUT2D eigenvalue weighted by molar-refractivity contribution is -0.138. The number of rotatable bonds is 4. The van der Waals surface area contributed by atoms with Gasteiger partial charge in [-0.05, 0) is 24.6 Å². The molecule has 0 amide bonds. The molecule has 0 atom stereocenters. The molecule has 0 saturated heterocycles. The summed E-state index contributed by atoms with van der Waals surface area (Å²) in [7, 11) is 0. The Balaban J connectivity index is 2.98. The molecule has 0 aliphatic carbocycles. The number of hydrogen-bond donors (Lipinski definition) is 2. The van der Waals surface area contributed by atoms with Gasteiger partial charge in [0.25, 0.3) is 0 Å². The van der Waals surface area contributed by atoms with Crippen molar-refractivity contribution in [3.8, 4) is 12.3 Å². The lowest BCUT2D eigenvalue weighted by Crippen LogP contribution is -2.37. The van der Waals surface area contributed by atoms with Crippen LogP contribution < -0.4 is 10.6 Å². The quantitative estimate of drug-likeness (QED) is 0.388. The van der Waals surface area contributed by atoms with Crippen molar-refractivity contribution in [2.45, 2.75) is 19.6 Å². The fourth-order valence-corrected chi connectivity index (χ4v) is 1.59. The third kappa shape index (κ3) is 5.34. The summed E-state index contributed by atoms with van der Waals surface area (Å²) < 4.78 is 51.5. The minimum Gasteiger partial charge on any atom is -0.357 e. The molecular formula is C14H15F4N3. The molecule has 0 fully saturated rings. The number of alkyl halides is 3. The Morgan fingerprint density at radius 2 is 2.05 bits per heavy atom. The second-order valence-corrected chi connectivity index (χ2v) is 4.05. The van der Waals surface area contributed by atoms with Crippen molar-refractivity contribution in [3.63, 3.8) is 0 Å². The van der Waals surface area contributed by atoms with Crippen molar-refractivity contribution in [1.82, 2.24) is 10.6 Å². The van der Waals surface area contributed by atoms with Crippen LogP contribution in [0, 0.1) is 18.2 Å². The number of halogens is 4. The molecule has 0 spiro atoms. The van der Waals surface area contributed by atoms with Crippen LogP contribution in [0.3, 0.4) is 0 Å². The van der Waals surface area contributed by atoms with E-state index in [0.717, 1.165) is 12.1 Å². The summed E-state index contributed by atoms with van der Waals surface area (Å²) in [6, 6.07) is 2.51. The Hall–Kier alpha value is -2.23. The third-order valence-electron chi connectivity index (χ3n) is 2.49. The van der Waals surface area contributed by atoms with Gasteiger partial charge >= 0.3 is 6.18 Å². The molecule has 21 heavy (non-hydrogen) atoms. The van der Waals surface area contributed by atoms with Gasteiger partial charge in [0.05, 0.1) is 18.7 Å². The zero-order chi connectivity index (χ0) is 15.9. The summed E-state index contributed by atoms with van der Waals surface area (Å²) in [5, 5.41) is 5.60. The Bertz CT molecular complexity index is 544. The lowest BCUT2D eigenvalue weighted by atomic mass is 10.1. The second-order valence-electron chi connectivity index (χ2n) is 4.05. The molecule has 0 aromatic heterocycles. The topological polar surface area (TPSA) is 36.4 Å². The Morgan fingerprint density at radius 1 is 1.33 bits per heavy atom. The monoisotopic (exact) mass is 301 g/mol. The Kier molecular flexibility index (Phi) is 6.03. The molecule has 0 aliphatic heterocycles. The smallest absolute Gasteiger partial charge is 0.357 e. The first-order chi connectivity index (χ1) is 9.88. The van der Waals surface area contributed by atoms with Crippen LogP contribution in [0.25, 0.3) is 0 Å². The second kappa shape index (κ2) is 7.53. The van der Waals surface area contributed by atoms with E-state index in [9.17, 15) is 17.6 Å². The van der Waals surface area contributed by atoms with Gasteiger partial charge in [-0.3, -0.25) is 0 Å². The molecular weight excluding hydrogens is 286 g/mol. The molecule has 0 bridgehead atoms. The first kappa shape index (κ1) is 16.8. The predicted octanol–water partition coefficient (Wildman–Crippen LogP) is 2.53. The molecule has 114 valence electrons. The van der Waals surface area contributed by atoms with E-state index in [1.54, 1.807) is 0 Å². The fraction of sp³-hybridized carbons (Fsp3) is 0.357. The van der Waals surface area contributed by atoms with Crippen molar-refractivity contribution in [1.29, 1.82) is 0 Å². The van der Waals surface area contributed by atoms with Crippen LogP contribution >= 0.6 is 0 Å². The predicted molar refractivity (Wildman–Crippen MR) is 73.1 cm³/mol. The number of terminal acetylenes is 1. The van der Waals surface area contributed by atoms with E-state index in [1.807, 2.05) is 6.92 Å². The molecule has 3 nitrogen and oxygen atoms in total. The van der Waals surface area contributed by atoms with Gasteiger partial charge in [-0.25, -0.2) is 9.38 Å². The zero-order valence-corrected chi connectivity index (χ0v) is 11.4. The molecule has 0 aliphatic rings. The van der Waals surface area contributed by atoms with Crippen molar-refractivity contribution in [2.24, 2.45) is 4.99 Å². The number of nitrogens with one attached hydrogen (secondary N) is 2. The van der Waals surface area contributed by atoms with E-state index in [4.69, 9.17) is 6.42 Å². The van der Waals surface area contributed by atoms with Gasteiger partial charge in [0.1, 0.15) is 5.82 Å². The van der Waals surface area contributed by atoms with Crippen LogP contribution in [-0.2, 0) is 12.7 Å². The van der Waals surface area contributed by atoms with Crippen molar-refractivity contribution >= 4 is 5.96 Å². The van der Waals surface area contributed by atoms with E-state index in [1.165, 1.54) is 0 Å². The van der Waals surface area contributed by atoms with Gasteiger partial charge in [0.2, 0.25) is 0 Å². The first-order valence-corrected chi connectivity index (χ1v) is 6.19. The highest BCUT2D eigenvalue weighted by molar-refractivity contribution is 5.80. The van der Waals surface area contributed by atoms with E-state index in [-0.39, 0.29) is 18.7 Å². The molecule has 7 heteroatoms. The van der Waals surface area contributed by atoms with Gasteiger partial charge in [-0.1, -0.05) is 12.0 Å². The molecule has 2 N–H and O–H groups in total. The SMILES string of the molecule is C#CCNC(=NCc1ccc(F)cc1C(F)(F)F)NCC. The van der Waals surface area contributed by atoms with E-state index in [2.05, 4.69) is 21.5 Å². The average Bonchev–Trinajstić information content (AvgIpc) is 2.42. The Morgan fingerprint density at radius 3 is 2.62 bits per heavy atom. The molecule has 1 rings (SSSR count). The summed E-state index contributed by atoms with van der Waals surface area (Å²) in [5.41, 5.74) is -1.14. The van der Waals surface area contributed by atoms with Crippen LogP contribution in [-0.4, -0.2) is 19.0 Å². The molecule has 0 heterocycles. The molecule has 0 saturated carbocycles. The summed E-state index contributed by atoms with van der Waals surface area (Å²) in [4.78, 5) is 4.00. The van der Waals surface area contributed by atoms with Gasteiger partial charge in [-0.2, -0.15) is 13.2 Å². The maximum atomic E-state index is 13.0. The maximum absolute atomic E-state index is 13.0. The summed E-state index contributed by atoms with van der Waals surface area (Å²) >= 11 is 0. The number of guanidine groups is 1. The van der Waals surface area contributed by atoms with Crippen LogP contribution in [0.15, 0.2) is 23.2 Å². The third-order valence-corrected chi connectivity index (χ3v) is 2.49. The highest BCUT2D eigenvalue weighted by Gasteiger charge is 2.33. The zero-order valence-electron chi connectivity index (χ0n) is 11.4. The molecule has 1 aromatic carbocycles. The van der Waals surface area contributed by atoms with Crippen LogP contribution in [0.1, 0.15) is 18.1 Å². The minimum atomic E-state index is -4.63. The summed E-state index contributed by atoms with van der Waals surface area (Å²) in [6.45, 7) is 2.30. The normalized spacial score (nSPS) is 11.9. The minimum absolute atomic E-state index is 0.109. The number of hydrogen-bond acceptors (Lipinski definition) is 1. The van der Waals surface area contributed by atoms with E-state index >= 15 is 0 Å². The number of aliphatic imine (C=N–C) groups is 1. The van der Waals surface area contributed by atoms with Crippen LogP contribution in [0.4, 0.5) is 17.6 Å². The Labute approximate surface area is 120 Å². The molecule has 0 radical (unpaired) electrons. The van der Waals surface area contributed by atoms with E-state index in [0.29, 0.717) is 18.6 Å². The van der Waals surface area contributed by atoms with Crippen molar-refractivity contribution in [2.75, 3.05) is 13.1 Å². The maximum Gasteiger partial charge on any atom is 0.416 e. The van der Waals surface area contributed by atoms with Crippen molar-refractivity contribution < 1.29 is 17.6 Å². The fourth-order valence-electron chi connectivity index (χ4n) is 1.59. The highest BCUT2D eigenvalue weighted by Crippen LogP contribution is 2.32. The average molecular weight is 301 g/mol. The van der Waals surface area contributed by atoms with Gasteiger partial charge in [-0.15, -0.1) is 6.42 Å².